The number of hydrogen-bond acceptors (Lipinski definition) is 7. The van der Waals surface area contributed by atoms with Gasteiger partial charge in [0.2, 0.25) is 7.37 Å². The molecule has 0 aromatic heterocycles. The van der Waals surface area contributed by atoms with Crippen molar-refractivity contribution in [1.82, 2.24) is 5.48 Å². The number of amides is 1. The monoisotopic (exact) mass is 415 g/mol. The summed E-state index contributed by atoms with van der Waals surface area (Å²) in [4.78, 5) is 47.8. The number of carboxylic acids is 1. The highest BCUT2D eigenvalue weighted by Crippen LogP contribution is 2.48. The highest BCUT2D eigenvalue weighted by atomic mass is 31.2. The predicted molar refractivity (Wildman–Crippen MR) is 97.2 cm³/mol. The Labute approximate surface area is 161 Å². The minimum Gasteiger partial charge on any atom is -0.478 e. The fraction of sp³-hybridized carbons (Fsp3) is 0.353. The zero-order valence-electron chi connectivity index (χ0n) is 15.1. The summed E-state index contributed by atoms with van der Waals surface area (Å²) in [5, 5.41) is 18.3. The largest absolute Gasteiger partial charge is 0.478 e. The third kappa shape index (κ3) is 8.81. The first-order valence-electron chi connectivity index (χ1n) is 8.19. The van der Waals surface area contributed by atoms with Gasteiger partial charge in [0, 0.05) is 18.7 Å². The lowest BCUT2D eigenvalue weighted by molar-refractivity contribution is -0.149. The molecule has 1 aromatic carbocycles. The SMILES string of the molecule is C/C(=C\C(=O)O)[C@@H](O)P(=O)(O)CCCC(=O)ONC(=O)OCc1ccccc1. The van der Waals surface area contributed by atoms with Crippen molar-refractivity contribution in [1.29, 1.82) is 0 Å². The minimum absolute atomic E-state index is 0.0149. The van der Waals surface area contributed by atoms with Gasteiger partial charge in [-0.15, -0.1) is 5.48 Å². The van der Waals surface area contributed by atoms with Crippen molar-refractivity contribution in [3.05, 3.63) is 47.5 Å². The molecule has 0 aliphatic carbocycles. The van der Waals surface area contributed by atoms with E-state index in [0.29, 0.717) is 6.08 Å². The molecular weight excluding hydrogens is 393 g/mol. The predicted octanol–water partition coefficient (Wildman–Crippen LogP) is 1.77. The van der Waals surface area contributed by atoms with Crippen LogP contribution in [0.25, 0.3) is 0 Å². The maximum atomic E-state index is 12.0. The molecule has 11 heteroatoms. The highest BCUT2D eigenvalue weighted by Gasteiger charge is 2.30. The van der Waals surface area contributed by atoms with Crippen LogP contribution >= 0.6 is 7.37 Å². The molecule has 0 aliphatic rings. The summed E-state index contributed by atoms with van der Waals surface area (Å²) < 4.78 is 16.9. The van der Waals surface area contributed by atoms with E-state index in [-0.39, 0.29) is 25.0 Å². The molecule has 1 amide bonds. The van der Waals surface area contributed by atoms with Gasteiger partial charge in [0.1, 0.15) is 6.61 Å². The maximum absolute atomic E-state index is 12.0. The van der Waals surface area contributed by atoms with Gasteiger partial charge in [-0.1, -0.05) is 30.3 Å². The van der Waals surface area contributed by atoms with Crippen molar-refractivity contribution < 1.29 is 43.6 Å². The Morgan fingerprint density at radius 1 is 1.25 bits per heavy atom. The van der Waals surface area contributed by atoms with Gasteiger partial charge in [-0.25, -0.2) is 14.4 Å². The second-order valence-corrected chi connectivity index (χ2v) is 8.27. The molecule has 28 heavy (non-hydrogen) atoms. The number of aliphatic carboxylic acids is 1. The van der Waals surface area contributed by atoms with Gasteiger partial charge < -0.3 is 24.7 Å². The van der Waals surface area contributed by atoms with Crippen LogP contribution in [0.4, 0.5) is 4.79 Å². The number of carbonyl (C=O) groups excluding carboxylic acids is 2. The van der Waals surface area contributed by atoms with Crippen LogP contribution in [-0.2, 0) is 30.3 Å². The summed E-state index contributed by atoms with van der Waals surface area (Å²) in [5.41, 5.74) is 2.36. The van der Waals surface area contributed by atoms with Crippen LogP contribution in [-0.4, -0.2) is 45.1 Å². The summed E-state index contributed by atoms with van der Waals surface area (Å²) in [6.45, 7) is 1.19. The van der Waals surface area contributed by atoms with Crippen molar-refractivity contribution in [2.24, 2.45) is 0 Å². The van der Waals surface area contributed by atoms with E-state index in [4.69, 9.17) is 9.84 Å². The molecule has 1 aromatic rings. The lowest BCUT2D eigenvalue weighted by Gasteiger charge is -2.18. The fourth-order valence-corrected chi connectivity index (χ4v) is 3.63. The lowest BCUT2D eigenvalue weighted by Crippen LogP contribution is -2.27. The molecule has 0 heterocycles. The number of nitrogens with one attached hydrogen (secondary N) is 1. The quantitative estimate of drug-likeness (QED) is 0.268. The van der Waals surface area contributed by atoms with Crippen LogP contribution in [0.2, 0.25) is 0 Å². The number of aliphatic hydroxyl groups is 1. The first kappa shape index (κ1) is 23.4. The van der Waals surface area contributed by atoms with Crippen molar-refractivity contribution >= 4 is 25.4 Å². The topological polar surface area (TPSA) is 159 Å². The van der Waals surface area contributed by atoms with Crippen LogP contribution in [0.3, 0.4) is 0 Å². The zero-order valence-corrected chi connectivity index (χ0v) is 16.0. The number of ether oxygens (including phenoxy) is 1. The Hall–Kier alpha value is -2.68. The van der Waals surface area contributed by atoms with Crippen molar-refractivity contribution in [2.75, 3.05) is 6.16 Å². The van der Waals surface area contributed by atoms with E-state index in [2.05, 4.69) is 4.84 Å². The molecule has 0 spiro atoms. The van der Waals surface area contributed by atoms with Gasteiger partial charge in [-0.3, -0.25) is 4.57 Å². The Kier molecular flexibility index (Phi) is 9.37. The molecule has 0 saturated carbocycles. The van der Waals surface area contributed by atoms with Crippen molar-refractivity contribution in [2.45, 2.75) is 32.2 Å². The van der Waals surface area contributed by atoms with E-state index in [1.807, 2.05) is 0 Å². The summed E-state index contributed by atoms with van der Waals surface area (Å²) in [5.74, 6) is -4.07. The van der Waals surface area contributed by atoms with Gasteiger partial charge in [0.25, 0.3) is 0 Å². The van der Waals surface area contributed by atoms with Gasteiger partial charge in [0.15, 0.2) is 5.85 Å². The lowest BCUT2D eigenvalue weighted by atomic mass is 10.2. The third-order valence-corrected chi connectivity index (χ3v) is 5.59. The second kappa shape index (κ2) is 11.2. The van der Waals surface area contributed by atoms with Crippen LogP contribution in [0, 0.1) is 0 Å². The van der Waals surface area contributed by atoms with E-state index in [9.17, 15) is 28.9 Å². The van der Waals surface area contributed by atoms with E-state index in [1.54, 1.807) is 35.8 Å². The Morgan fingerprint density at radius 2 is 1.89 bits per heavy atom. The molecule has 4 N–H and O–H groups in total. The van der Waals surface area contributed by atoms with E-state index < -0.39 is 37.4 Å². The molecule has 0 fully saturated rings. The zero-order chi connectivity index (χ0) is 21.2. The van der Waals surface area contributed by atoms with Gasteiger partial charge in [-0.05, 0) is 24.5 Å². The molecule has 10 nitrogen and oxygen atoms in total. The molecule has 1 unspecified atom stereocenters. The number of hydrogen-bond donors (Lipinski definition) is 4. The second-order valence-electron chi connectivity index (χ2n) is 5.82. The first-order chi connectivity index (χ1) is 13.1. The van der Waals surface area contributed by atoms with Gasteiger partial charge >= 0.3 is 18.0 Å². The Morgan fingerprint density at radius 3 is 2.50 bits per heavy atom. The van der Waals surface area contributed by atoms with Crippen LogP contribution in [0.1, 0.15) is 25.3 Å². The maximum Gasteiger partial charge on any atom is 0.441 e. The highest BCUT2D eigenvalue weighted by molar-refractivity contribution is 7.58. The first-order valence-corrected chi connectivity index (χ1v) is 10.1. The van der Waals surface area contributed by atoms with Crippen molar-refractivity contribution in [3.8, 4) is 0 Å². The summed E-state index contributed by atoms with van der Waals surface area (Å²) in [7, 11) is -4.13. The van der Waals surface area contributed by atoms with Crippen LogP contribution in [0.5, 0.6) is 0 Å². The molecule has 2 atom stereocenters. The Balaban J connectivity index is 2.31. The number of carboxylic acid groups (broad SMARTS) is 1. The molecule has 1 rings (SSSR count). The number of hydroxylamine groups is 1. The molecule has 154 valence electrons. The summed E-state index contributed by atoms with van der Waals surface area (Å²) in [6.07, 6.45) is -1.21. The van der Waals surface area contributed by atoms with Crippen LogP contribution in [0.15, 0.2) is 42.0 Å². The normalized spacial score (nSPS) is 14.5. The van der Waals surface area contributed by atoms with E-state index in [1.165, 1.54) is 6.92 Å². The molecular formula is C17H22NO9P. The smallest absolute Gasteiger partial charge is 0.441 e. The number of rotatable bonds is 9. The van der Waals surface area contributed by atoms with E-state index in [0.717, 1.165) is 5.56 Å². The minimum atomic E-state index is -4.13. The molecule has 0 bridgehead atoms. The fourth-order valence-electron chi connectivity index (χ4n) is 2.06. The average molecular weight is 415 g/mol. The third-order valence-electron chi connectivity index (χ3n) is 3.46. The molecule has 0 radical (unpaired) electrons. The molecule has 0 aliphatic heterocycles. The summed E-state index contributed by atoms with van der Waals surface area (Å²) in [6, 6.07) is 8.83. The number of carbonyl (C=O) groups is 3. The number of aliphatic hydroxyl groups excluding tert-OH is 1. The van der Waals surface area contributed by atoms with Gasteiger partial charge in [0.05, 0.1) is 0 Å². The van der Waals surface area contributed by atoms with E-state index >= 15 is 0 Å². The van der Waals surface area contributed by atoms with Gasteiger partial charge in [-0.2, -0.15) is 0 Å². The standard InChI is InChI=1S/C17H22NO9P/c1-12(10-14(19)20)16(22)28(24,25)9-5-8-15(21)27-18-17(23)26-11-13-6-3-2-4-7-13/h2-4,6-7,10,16,22H,5,8-9,11H2,1H3,(H,18,23)(H,19,20)(H,24,25)/b12-10+/t16-/m0/s1. The van der Waals surface area contributed by atoms with Crippen molar-refractivity contribution in [3.63, 3.8) is 0 Å². The molecule has 0 saturated heterocycles. The average Bonchev–Trinajstić information content (AvgIpc) is 2.64. The number of benzene rings is 1. The van der Waals surface area contributed by atoms with Crippen LogP contribution < -0.4 is 5.48 Å². The Bertz CT molecular complexity index is 763. The summed E-state index contributed by atoms with van der Waals surface area (Å²) >= 11 is 0.